The zero-order valence-corrected chi connectivity index (χ0v) is 26.5. The number of carbonyl (C=O) groups is 1. The molecule has 10 heteroatoms. The maximum Gasteiger partial charge on any atom is 0.303 e. The van der Waals surface area contributed by atoms with Gasteiger partial charge < -0.3 is 5.11 Å². The second-order valence-corrected chi connectivity index (χ2v) is 16.6. The van der Waals surface area contributed by atoms with Crippen LogP contribution in [0, 0.1) is 53.3 Å². The first-order valence-electron chi connectivity index (χ1n) is 18.9. The van der Waals surface area contributed by atoms with E-state index >= 15 is 0 Å². The minimum atomic E-state index is -0.638. The lowest BCUT2D eigenvalue weighted by molar-refractivity contribution is -0.138. The first-order valence-corrected chi connectivity index (χ1v) is 18.9. The highest BCUT2D eigenvalue weighted by atomic mass is 16.4. The predicted octanol–water partition coefficient (Wildman–Crippen LogP) is 2.31. The molecule has 4 aliphatic carbocycles. The molecule has 4 saturated carbocycles. The summed E-state index contributed by atoms with van der Waals surface area (Å²) in [5.74, 6) is 4.65. The van der Waals surface area contributed by atoms with Gasteiger partial charge in [0.25, 0.3) is 0 Å². The molecule has 5 aliphatic heterocycles. The molecule has 0 spiro atoms. The first kappa shape index (κ1) is 29.3. The monoisotopic (exact) mass is 610 g/mol. The van der Waals surface area contributed by atoms with Gasteiger partial charge >= 0.3 is 5.97 Å². The van der Waals surface area contributed by atoms with E-state index in [2.05, 4.69) is 42.5 Å². The number of nitrogens with one attached hydrogen (secondary N) is 8. The minimum absolute atomic E-state index is 0.204. The van der Waals surface area contributed by atoms with Crippen molar-refractivity contribution in [1.82, 2.24) is 42.5 Å². The normalized spacial score (nSPS) is 55.0. The maximum atomic E-state index is 11.7. The molecule has 0 aromatic rings. The van der Waals surface area contributed by atoms with Crippen LogP contribution in [0.3, 0.4) is 0 Å². The zero-order valence-electron chi connectivity index (χ0n) is 26.5. The highest BCUT2D eigenvalue weighted by molar-refractivity contribution is 5.67. The lowest BCUT2D eigenvalue weighted by Crippen LogP contribution is -2.61. The van der Waals surface area contributed by atoms with E-state index in [0.717, 1.165) is 19.3 Å². The molecular weight excluding hydrogens is 552 g/mol. The molecule has 17 unspecified atom stereocenters. The van der Waals surface area contributed by atoms with Crippen molar-refractivity contribution in [1.29, 1.82) is 0 Å². The van der Waals surface area contributed by atoms with Gasteiger partial charge in [-0.25, -0.2) is 0 Å². The summed E-state index contributed by atoms with van der Waals surface area (Å²) in [7, 11) is 0. The van der Waals surface area contributed by atoms with Crippen LogP contribution in [0.4, 0.5) is 0 Å². The summed E-state index contributed by atoms with van der Waals surface area (Å²) >= 11 is 0. The van der Waals surface area contributed by atoms with E-state index in [9.17, 15) is 9.90 Å². The Morgan fingerprint density at radius 1 is 0.409 bits per heavy atom. The van der Waals surface area contributed by atoms with Gasteiger partial charge in [0, 0.05) is 6.42 Å². The predicted molar refractivity (Wildman–Crippen MR) is 168 cm³/mol. The average Bonchev–Trinajstić information content (AvgIpc) is 3.76. The number of carboxylic acids is 1. The molecular formula is C34H58N8O2. The van der Waals surface area contributed by atoms with E-state index in [1.165, 1.54) is 77.0 Å². The third kappa shape index (κ3) is 5.18. The van der Waals surface area contributed by atoms with Crippen LogP contribution in [0.25, 0.3) is 0 Å². The number of rotatable bonds is 2. The van der Waals surface area contributed by atoms with Gasteiger partial charge in [-0.2, -0.15) is 0 Å². The molecule has 17 atom stereocenters. The fourth-order valence-electron chi connectivity index (χ4n) is 12.5. The summed E-state index contributed by atoms with van der Waals surface area (Å²) < 4.78 is 0. The lowest BCUT2D eigenvalue weighted by Gasteiger charge is -2.37. The Morgan fingerprint density at radius 2 is 0.682 bits per heavy atom. The van der Waals surface area contributed by atoms with E-state index in [1.807, 2.05) is 0 Å². The number of hydrogen-bond acceptors (Lipinski definition) is 9. The van der Waals surface area contributed by atoms with Crippen molar-refractivity contribution in [2.24, 2.45) is 53.3 Å². The van der Waals surface area contributed by atoms with Gasteiger partial charge in [-0.05, 0) is 111 Å². The van der Waals surface area contributed by atoms with Gasteiger partial charge in [0.05, 0.1) is 49.3 Å². The number of hydrogen-bond donors (Lipinski definition) is 9. The van der Waals surface area contributed by atoms with Gasteiger partial charge in [0.15, 0.2) is 0 Å². The molecule has 0 aromatic heterocycles. The minimum Gasteiger partial charge on any atom is -0.481 e. The van der Waals surface area contributed by atoms with Crippen molar-refractivity contribution in [3.63, 3.8) is 0 Å². The lowest BCUT2D eigenvalue weighted by atomic mass is 9.72. The van der Waals surface area contributed by atoms with Crippen LogP contribution in [0.15, 0.2) is 0 Å². The highest BCUT2D eigenvalue weighted by Crippen LogP contribution is 2.46. The Balaban J connectivity index is 1.04. The molecule has 8 bridgehead atoms. The van der Waals surface area contributed by atoms with Crippen molar-refractivity contribution in [3.05, 3.63) is 0 Å². The van der Waals surface area contributed by atoms with Crippen molar-refractivity contribution >= 4 is 5.97 Å². The highest BCUT2D eigenvalue weighted by Gasteiger charge is 2.54. The van der Waals surface area contributed by atoms with E-state index in [1.54, 1.807) is 0 Å². The Morgan fingerprint density at radius 3 is 0.977 bits per heavy atom. The Kier molecular flexibility index (Phi) is 7.99. The molecule has 9 fully saturated rings. The summed E-state index contributed by atoms with van der Waals surface area (Å²) in [4.78, 5) is 11.7. The Bertz CT molecular complexity index is 1060. The maximum absolute atomic E-state index is 11.7. The topological polar surface area (TPSA) is 134 Å². The first-order chi connectivity index (χ1) is 21.6. The summed E-state index contributed by atoms with van der Waals surface area (Å²) in [6.07, 6.45) is 21.9. The smallest absolute Gasteiger partial charge is 0.303 e. The van der Waals surface area contributed by atoms with Crippen LogP contribution in [0.1, 0.15) is 103 Å². The third-order valence-corrected chi connectivity index (χ3v) is 14.4. The van der Waals surface area contributed by atoms with E-state index in [0.29, 0.717) is 84.6 Å². The molecule has 0 radical (unpaired) electrons. The largest absolute Gasteiger partial charge is 0.481 e. The fraction of sp³-hybridized carbons (Fsp3) is 0.971. The van der Waals surface area contributed by atoms with E-state index < -0.39 is 5.97 Å². The zero-order chi connectivity index (χ0) is 29.4. The van der Waals surface area contributed by atoms with Crippen LogP contribution >= 0.6 is 0 Å². The van der Waals surface area contributed by atoms with Crippen LogP contribution in [0.2, 0.25) is 0 Å². The molecule has 0 amide bonds. The van der Waals surface area contributed by atoms with Gasteiger partial charge in [-0.15, -0.1) is 0 Å². The van der Waals surface area contributed by atoms with Crippen LogP contribution in [-0.4, -0.2) is 60.4 Å². The van der Waals surface area contributed by atoms with Crippen LogP contribution < -0.4 is 42.5 Å². The quantitative estimate of drug-likeness (QED) is 0.229. The van der Waals surface area contributed by atoms with Gasteiger partial charge in [-0.1, -0.05) is 38.5 Å². The van der Waals surface area contributed by atoms with Gasteiger partial charge in [0.2, 0.25) is 0 Å². The molecule has 44 heavy (non-hydrogen) atoms. The molecule has 5 heterocycles. The molecule has 5 saturated heterocycles. The number of aliphatic carboxylic acids is 1. The third-order valence-electron chi connectivity index (χ3n) is 14.4. The summed E-state index contributed by atoms with van der Waals surface area (Å²) in [5.41, 5.74) is 0. The number of fused-ring (bicyclic) bond motifs is 20. The van der Waals surface area contributed by atoms with E-state index in [4.69, 9.17) is 0 Å². The molecule has 10 nitrogen and oxygen atoms in total. The summed E-state index contributed by atoms with van der Waals surface area (Å²) in [6, 6.07) is 0. The Hall–Kier alpha value is -0.850. The van der Waals surface area contributed by atoms with Crippen molar-refractivity contribution in [3.8, 4) is 0 Å². The van der Waals surface area contributed by atoms with Gasteiger partial charge in [-0.3, -0.25) is 47.3 Å². The molecule has 9 N–H and O–H groups in total. The SMILES string of the molecule is O=C(O)CC1CCC2C3NC4NC(NC5NC(NC6NC(NC(N3)C2C1)C1CCCCC61)C1CCCCC51)C1CCCCC41. The molecule has 246 valence electrons. The second-order valence-electron chi connectivity index (χ2n) is 16.6. The number of carboxylic acid groups (broad SMARTS) is 1. The van der Waals surface area contributed by atoms with Crippen molar-refractivity contribution in [2.45, 2.75) is 152 Å². The molecule has 9 aliphatic rings. The molecule has 0 aromatic carbocycles. The van der Waals surface area contributed by atoms with Crippen molar-refractivity contribution < 1.29 is 9.90 Å². The average molecular weight is 611 g/mol. The fourth-order valence-corrected chi connectivity index (χ4v) is 12.5. The standard InChI is InChI=1S/C34H58N8O2/c43-26(44)16-17-13-14-24-25(15-17)34-41-32-23-12-6-5-11-22(23)30(39-32)37-28-19-8-2-1-7-18(19)27(35-28)36-29-20-9-3-4-10-21(20)31(38-29)40-33(24)42-34/h17-25,27-42H,1-16H2,(H,43,44). The van der Waals surface area contributed by atoms with Crippen LogP contribution in [-0.2, 0) is 4.79 Å². The molecule has 9 rings (SSSR count). The van der Waals surface area contributed by atoms with Gasteiger partial charge in [0.1, 0.15) is 0 Å². The van der Waals surface area contributed by atoms with Crippen LogP contribution in [0.5, 0.6) is 0 Å². The van der Waals surface area contributed by atoms with E-state index in [-0.39, 0.29) is 24.4 Å². The van der Waals surface area contributed by atoms with Crippen molar-refractivity contribution in [2.75, 3.05) is 0 Å². The summed E-state index contributed by atoms with van der Waals surface area (Å²) in [6.45, 7) is 0. The Labute approximate surface area is 263 Å². The second kappa shape index (κ2) is 12.0. The summed E-state index contributed by atoms with van der Waals surface area (Å²) in [5, 5.41) is 43.0.